The van der Waals surface area contributed by atoms with Gasteiger partial charge in [0, 0.05) is 55.1 Å². The van der Waals surface area contributed by atoms with Gasteiger partial charge in [0.2, 0.25) is 0 Å². The molecular formula is C57H36N4O. The lowest BCUT2D eigenvalue weighted by Crippen LogP contribution is -2.19. The van der Waals surface area contributed by atoms with Gasteiger partial charge in [0.05, 0.1) is 44.0 Å². The third kappa shape index (κ3) is 4.93. The summed E-state index contributed by atoms with van der Waals surface area (Å²) in [6, 6.07) is 76.9. The highest BCUT2D eigenvalue weighted by molar-refractivity contribution is 6.19. The molecule has 0 aliphatic carbocycles. The van der Waals surface area contributed by atoms with Crippen molar-refractivity contribution < 1.29 is 0 Å². The van der Waals surface area contributed by atoms with Crippen molar-refractivity contribution in [2.75, 3.05) is 0 Å². The number of benzene rings is 9. The van der Waals surface area contributed by atoms with Gasteiger partial charge in [0.15, 0.2) is 0 Å². The smallest absolute Gasteiger partial charge is 0.265 e. The average Bonchev–Trinajstić information content (AvgIpc) is 3.98. The first-order chi connectivity index (χ1) is 30.7. The van der Waals surface area contributed by atoms with Crippen LogP contribution in [-0.4, -0.2) is 18.3 Å². The molecule has 4 aromatic heterocycles. The lowest BCUT2D eigenvalue weighted by molar-refractivity contribution is 1.06. The summed E-state index contributed by atoms with van der Waals surface area (Å²) >= 11 is 0. The van der Waals surface area contributed by atoms with Crippen molar-refractivity contribution in [1.29, 1.82) is 0 Å². The van der Waals surface area contributed by atoms with Gasteiger partial charge in [-0.1, -0.05) is 121 Å². The van der Waals surface area contributed by atoms with Crippen LogP contribution in [0.1, 0.15) is 0 Å². The lowest BCUT2D eigenvalue weighted by Gasteiger charge is -2.14. The minimum absolute atomic E-state index is 0.0473. The van der Waals surface area contributed by atoms with Crippen molar-refractivity contribution in [3.8, 4) is 33.9 Å². The number of aromatic nitrogens is 4. The van der Waals surface area contributed by atoms with Crippen LogP contribution in [0.4, 0.5) is 0 Å². The maximum atomic E-state index is 15.4. The first-order valence-corrected chi connectivity index (χ1v) is 21.1. The Hall–Kier alpha value is -8.41. The quantitative estimate of drug-likeness (QED) is 0.171. The second kappa shape index (κ2) is 13.3. The maximum Gasteiger partial charge on any atom is 0.265 e. The van der Waals surface area contributed by atoms with Crippen LogP contribution in [0.3, 0.4) is 0 Å². The van der Waals surface area contributed by atoms with Gasteiger partial charge in [0.1, 0.15) is 0 Å². The largest absolute Gasteiger partial charge is 0.309 e. The molecule has 62 heavy (non-hydrogen) atoms. The zero-order valence-corrected chi connectivity index (χ0v) is 33.5. The van der Waals surface area contributed by atoms with E-state index in [2.05, 4.69) is 196 Å². The molecule has 0 N–H and O–H groups in total. The van der Waals surface area contributed by atoms with E-state index < -0.39 is 0 Å². The summed E-state index contributed by atoms with van der Waals surface area (Å²) in [5.74, 6) is 0. The minimum Gasteiger partial charge on any atom is -0.309 e. The van der Waals surface area contributed by atoms with Crippen LogP contribution in [0.2, 0.25) is 0 Å². The molecule has 290 valence electrons. The Morgan fingerprint density at radius 1 is 0.258 bits per heavy atom. The SMILES string of the molecule is O=c1c2c3cc(-c4ccc5c(c4)c4ccccc4n5-c4ccccc4)ccc3n(-c3ccc4c(c3)c3ccccc3n4-c3ccccc3)c2c2ccccc2n1-c1ccccc1. The molecule has 4 heterocycles. The topological polar surface area (TPSA) is 36.8 Å². The third-order valence-electron chi connectivity index (χ3n) is 12.7. The molecule has 0 atom stereocenters. The molecule has 0 aliphatic heterocycles. The fourth-order valence-electron chi connectivity index (χ4n) is 10.1. The Balaban J connectivity index is 1.11. The van der Waals surface area contributed by atoms with E-state index in [1.54, 1.807) is 0 Å². The van der Waals surface area contributed by atoms with Crippen molar-refractivity contribution in [3.05, 3.63) is 229 Å². The number of fused-ring (bicyclic) bond motifs is 11. The fraction of sp³-hybridized carbons (Fsp3) is 0. The molecule has 13 rings (SSSR count). The van der Waals surface area contributed by atoms with Gasteiger partial charge in [-0.3, -0.25) is 9.36 Å². The standard InChI is InChI=1S/C57H36N4O/c62-57-55-48-35-38(37-28-31-52-46(34-37)43-22-10-13-25-49(43)58(52)39-16-4-1-5-17-39)29-32-54(48)60(56(55)45-24-12-15-27-51(45)61(57)41-20-8-3-9-21-41)42-30-33-53-47(36-42)44-23-11-14-26-50(44)59(53)40-18-6-2-7-19-40/h1-36H. The van der Waals surface area contributed by atoms with Crippen LogP contribution in [0.15, 0.2) is 223 Å². The number of para-hydroxylation sites is 6. The molecule has 0 saturated heterocycles. The molecule has 5 heteroatoms. The number of hydrogen-bond acceptors (Lipinski definition) is 1. The Morgan fingerprint density at radius 2 is 0.645 bits per heavy atom. The zero-order valence-electron chi connectivity index (χ0n) is 33.5. The predicted octanol–water partition coefficient (Wildman–Crippen LogP) is 13.9. The molecular weight excluding hydrogens is 757 g/mol. The summed E-state index contributed by atoms with van der Waals surface area (Å²) in [6.07, 6.45) is 0. The maximum absolute atomic E-state index is 15.4. The van der Waals surface area contributed by atoms with Gasteiger partial charge < -0.3 is 13.7 Å². The molecule has 0 fully saturated rings. The van der Waals surface area contributed by atoms with Gasteiger partial charge in [0.25, 0.3) is 5.56 Å². The minimum atomic E-state index is -0.0473. The third-order valence-corrected chi connectivity index (χ3v) is 12.7. The zero-order chi connectivity index (χ0) is 40.9. The van der Waals surface area contributed by atoms with Crippen molar-refractivity contribution in [3.63, 3.8) is 0 Å². The van der Waals surface area contributed by atoms with Gasteiger partial charge in [-0.2, -0.15) is 0 Å². The summed E-state index contributed by atoms with van der Waals surface area (Å²) in [5, 5.41) is 7.33. The Morgan fingerprint density at radius 3 is 1.19 bits per heavy atom. The van der Waals surface area contributed by atoms with Crippen molar-refractivity contribution >= 4 is 76.3 Å². The molecule has 13 aromatic rings. The number of rotatable bonds is 5. The van der Waals surface area contributed by atoms with E-state index in [0.717, 1.165) is 83.1 Å². The molecule has 9 aromatic carbocycles. The summed E-state index contributed by atoms with van der Waals surface area (Å²) < 4.78 is 8.89. The normalized spacial score (nSPS) is 11.9. The van der Waals surface area contributed by atoms with E-state index in [4.69, 9.17) is 0 Å². The van der Waals surface area contributed by atoms with Gasteiger partial charge in [-0.15, -0.1) is 0 Å². The molecule has 5 nitrogen and oxygen atoms in total. The van der Waals surface area contributed by atoms with Crippen LogP contribution in [0.25, 0.3) is 110 Å². The molecule has 0 aliphatic rings. The van der Waals surface area contributed by atoms with Crippen LogP contribution in [0.5, 0.6) is 0 Å². The average molecular weight is 793 g/mol. The van der Waals surface area contributed by atoms with Crippen LogP contribution in [0, 0.1) is 0 Å². The number of hydrogen-bond donors (Lipinski definition) is 0. The molecule has 0 radical (unpaired) electrons. The second-order valence-electron chi connectivity index (χ2n) is 16.1. The van der Waals surface area contributed by atoms with Crippen LogP contribution >= 0.6 is 0 Å². The summed E-state index contributed by atoms with van der Waals surface area (Å²) in [5.41, 5.74) is 13.5. The summed E-state index contributed by atoms with van der Waals surface area (Å²) in [7, 11) is 0. The lowest BCUT2D eigenvalue weighted by atomic mass is 10.0. The first kappa shape index (κ1) is 34.5. The predicted molar refractivity (Wildman–Crippen MR) is 258 cm³/mol. The molecule has 0 amide bonds. The van der Waals surface area contributed by atoms with E-state index in [1.807, 2.05) is 41.0 Å². The number of pyridine rings is 1. The van der Waals surface area contributed by atoms with Crippen molar-refractivity contribution in [1.82, 2.24) is 18.3 Å². The summed E-state index contributed by atoms with van der Waals surface area (Å²) in [6.45, 7) is 0. The van der Waals surface area contributed by atoms with Crippen LogP contribution in [-0.2, 0) is 0 Å². The van der Waals surface area contributed by atoms with Gasteiger partial charge >= 0.3 is 0 Å². The molecule has 0 unspecified atom stereocenters. The van der Waals surface area contributed by atoms with Crippen LogP contribution < -0.4 is 5.56 Å². The molecule has 0 spiro atoms. The first-order valence-electron chi connectivity index (χ1n) is 21.1. The van der Waals surface area contributed by atoms with Gasteiger partial charge in [-0.05, 0) is 108 Å². The van der Waals surface area contributed by atoms with E-state index in [9.17, 15) is 0 Å². The monoisotopic (exact) mass is 792 g/mol. The molecule has 0 saturated carbocycles. The summed E-state index contributed by atoms with van der Waals surface area (Å²) in [4.78, 5) is 15.4. The van der Waals surface area contributed by atoms with Gasteiger partial charge in [-0.25, -0.2) is 0 Å². The van der Waals surface area contributed by atoms with E-state index in [-0.39, 0.29) is 5.56 Å². The highest BCUT2D eigenvalue weighted by atomic mass is 16.1. The Labute approximate surface area is 355 Å². The second-order valence-corrected chi connectivity index (χ2v) is 16.1. The molecule has 0 bridgehead atoms. The number of nitrogens with zero attached hydrogens (tertiary/aromatic N) is 4. The van der Waals surface area contributed by atoms with E-state index in [1.165, 1.54) is 21.7 Å². The fourth-order valence-corrected chi connectivity index (χ4v) is 10.1. The highest BCUT2D eigenvalue weighted by Gasteiger charge is 2.23. The highest BCUT2D eigenvalue weighted by Crippen LogP contribution is 2.41. The van der Waals surface area contributed by atoms with Crippen molar-refractivity contribution in [2.45, 2.75) is 0 Å². The Kier molecular flexibility index (Phi) is 7.39. The van der Waals surface area contributed by atoms with Crippen molar-refractivity contribution in [2.24, 2.45) is 0 Å². The Bertz CT molecular complexity index is 3980. The van der Waals surface area contributed by atoms with E-state index >= 15 is 4.79 Å². The van der Waals surface area contributed by atoms with E-state index in [0.29, 0.717) is 5.39 Å².